The Kier molecular flexibility index (Phi) is 11.2. The number of rotatable bonds is 10. The molecule has 1 aromatic carbocycles. The van der Waals surface area contributed by atoms with Gasteiger partial charge in [-0.3, -0.25) is 4.99 Å². The van der Waals surface area contributed by atoms with Crippen molar-refractivity contribution in [3.05, 3.63) is 42.2 Å². The van der Waals surface area contributed by atoms with E-state index < -0.39 is 0 Å². The van der Waals surface area contributed by atoms with Gasteiger partial charge in [0.15, 0.2) is 17.5 Å². The zero-order chi connectivity index (χ0) is 19.5. The van der Waals surface area contributed by atoms with Crippen LogP contribution in [0.3, 0.4) is 0 Å². The fraction of sp³-hybridized carbons (Fsp3) is 0.450. The third-order valence-electron chi connectivity index (χ3n) is 4.11. The molecule has 0 unspecified atom stereocenters. The second-order valence-electron chi connectivity index (χ2n) is 5.85. The average Bonchev–Trinajstić information content (AvgIpc) is 3.20. The van der Waals surface area contributed by atoms with E-state index in [2.05, 4.69) is 39.5 Å². The largest absolute Gasteiger partial charge is 0.493 e. The third kappa shape index (κ3) is 6.81. The molecule has 0 aliphatic heterocycles. The lowest BCUT2D eigenvalue weighted by Gasteiger charge is -2.15. The summed E-state index contributed by atoms with van der Waals surface area (Å²) in [5.74, 6) is 2.77. The quantitative estimate of drug-likeness (QED) is 0.297. The SMILES string of the molecule is CCNC(=NCCc1ccc(OC)c(OC)c1OC)NCCn1cccc1.I. The van der Waals surface area contributed by atoms with E-state index >= 15 is 0 Å². The van der Waals surface area contributed by atoms with Gasteiger partial charge in [-0.1, -0.05) is 6.07 Å². The molecule has 2 rings (SSSR count). The molecule has 0 fully saturated rings. The van der Waals surface area contributed by atoms with Gasteiger partial charge in [0, 0.05) is 44.1 Å². The van der Waals surface area contributed by atoms with Gasteiger partial charge in [-0.05, 0) is 31.5 Å². The number of benzene rings is 1. The van der Waals surface area contributed by atoms with Crippen LogP contribution >= 0.6 is 24.0 Å². The zero-order valence-corrected chi connectivity index (χ0v) is 19.4. The van der Waals surface area contributed by atoms with Crippen molar-refractivity contribution in [1.82, 2.24) is 15.2 Å². The van der Waals surface area contributed by atoms with Crippen molar-refractivity contribution in [2.45, 2.75) is 19.9 Å². The van der Waals surface area contributed by atoms with Crippen LogP contribution in [0.4, 0.5) is 0 Å². The maximum absolute atomic E-state index is 5.53. The van der Waals surface area contributed by atoms with Crippen molar-refractivity contribution in [2.24, 2.45) is 4.99 Å². The second-order valence-corrected chi connectivity index (χ2v) is 5.85. The summed E-state index contributed by atoms with van der Waals surface area (Å²) >= 11 is 0. The smallest absolute Gasteiger partial charge is 0.203 e. The first-order valence-electron chi connectivity index (χ1n) is 9.14. The lowest BCUT2D eigenvalue weighted by atomic mass is 10.1. The number of hydrogen-bond donors (Lipinski definition) is 2. The van der Waals surface area contributed by atoms with Gasteiger partial charge in [0.05, 0.1) is 21.3 Å². The van der Waals surface area contributed by atoms with Crippen LogP contribution in [0.1, 0.15) is 12.5 Å². The average molecular weight is 502 g/mol. The third-order valence-corrected chi connectivity index (χ3v) is 4.11. The van der Waals surface area contributed by atoms with Gasteiger partial charge in [-0.15, -0.1) is 24.0 Å². The molecule has 8 heteroatoms. The predicted octanol–water partition coefficient (Wildman–Crippen LogP) is 2.93. The highest BCUT2D eigenvalue weighted by atomic mass is 127. The van der Waals surface area contributed by atoms with Crippen molar-refractivity contribution >= 4 is 29.9 Å². The minimum atomic E-state index is 0. The molecule has 2 N–H and O–H groups in total. The number of hydrogen-bond acceptors (Lipinski definition) is 4. The summed E-state index contributed by atoms with van der Waals surface area (Å²) in [6, 6.07) is 7.93. The fourth-order valence-electron chi connectivity index (χ4n) is 2.81. The van der Waals surface area contributed by atoms with Crippen molar-refractivity contribution in [1.29, 1.82) is 0 Å². The van der Waals surface area contributed by atoms with Crippen molar-refractivity contribution in [3.8, 4) is 17.2 Å². The Balaban J connectivity index is 0.00000392. The van der Waals surface area contributed by atoms with Crippen molar-refractivity contribution in [2.75, 3.05) is 41.0 Å². The molecule has 0 amide bonds. The molecule has 7 nitrogen and oxygen atoms in total. The van der Waals surface area contributed by atoms with E-state index in [-0.39, 0.29) is 24.0 Å². The van der Waals surface area contributed by atoms with Crippen LogP contribution in [-0.4, -0.2) is 51.5 Å². The lowest BCUT2D eigenvalue weighted by Crippen LogP contribution is -2.39. The van der Waals surface area contributed by atoms with Crippen molar-refractivity contribution in [3.63, 3.8) is 0 Å². The molecule has 0 aliphatic rings. The fourth-order valence-corrected chi connectivity index (χ4v) is 2.81. The van der Waals surface area contributed by atoms with E-state index in [1.54, 1.807) is 21.3 Å². The molecule has 1 aromatic heterocycles. The predicted molar refractivity (Wildman–Crippen MR) is 124 cm³/mol. The Morgan fingerprint density at radius 2 is 1.71 bits per heavy atom. The number of nitrogens with zero attached hydrogens (tertiary/aromatic N) is 2. The Labute approximate surface area is 184 Å². The summed E-state index contributed by atoms with van der Waals surface area (Å²) in [6.45, 7) is 5.20. The van der Waals surface area contributed by atoms with E-state index in [1.165, 1.54) is 0 Å². The molecular formula is C20H31IN4O3. The molecule has 156 valence electrons. The van der Waals surface area contributed by atoms with Crippen LogP contribution in [0.15, 0.2) is 41.7 Å². The topological polar surface area (TPSA) is 69.0 Å². The highest BCUT2D eigenvalue weighted by molar-refractivity contribution is 14.0. The van der Waals surface area contributed by atoms with Crippen LogP contribution in [0, 0.1) is 0 Å². The monoisotopic (exact) mass is 502 g/mol. The Bertz CT molecular complexity index is 720. The van der Waals surface area contributed by atoms with E-state index in [0.29, 0.717) is 23.8 Å². The summed E-state index contributed by atoms with van der Waals surface area (Å²) in [7, 11) is 4.86. The summed E-state index contributed by atoms with van der Waals surface area (Å²) in [6.07, 6.45) is 4.84. The summed E-state index contributed by atoms with van der Waals surface area (Å²) in [5.41, 5.74) is 1.03. The highest BCUT2D eigenvalue weighted by Gasteiger charge is 2.15. The summed E-state index contributed by atoms with van der Waals surface area (Å²) < 4.78 is 18.4. The Morgan fingerprint density at radius 1 is 1.00 bits per heavy atom. The van der Waals surface area contributed by atoms with E-state index in [4.69, 9.17) is 14.2 Å². The van der Waals surface area contributed by atoms with E-state index in [0.717, 1.165) is 37.6 Å². The zero-order valence-electron chi connectivity index (χ0n) is 17.0. The summed E-state index contributed by atoms with van der Waals surface area (Å²) in [4.78, 5) is 4.66. The Hall–Kier alpha value is -2.10. The standard InChI is InChI=1S/C20H30N4O3.HI/c1-5-21-20(23-12-15-24-13-6-7-14-24)22-11-10-16-8-9-17(25-2)19(27-4)18(16)26-3;/h6-9,13-14H,5,10-12,15H2,1-4H3,(H2,21,22,23);1H. The molecule has 28 heavy (non-hydrogen) atoms. The highest BCUT2D eigenvalue weighted by Crippen LogP contribution is 2.39. The number of methoxy groups -OCH3 is 3. The number of halogens is 1. The molecule has 0 saturated carbocycles. The van der Waals surface area contributed by atoms with Crippen LogP contribution in [0.25, 0.3) is 0 Å². The molecule has 2 aromatic rings. The second kappa shape index (κ2) is 13.1. The van der Waals surface area contributed by atoms with E-state index in [1.807, 2.05) is 24.3 Å². The molecule has 0 spiro atoms. The van der Waals surface area contributed by atoms with Gasteiger partial charge < -0.3 is 29.4 Å². The molecule has 0 bridgehead atoms. The maximum atomic E-state index is 5.53. The van der Waals surface area contributed by atoms with Crippen LogP contribution < -0.4 is 24.8 Å². The van der Waals surface area contributed by atoms with Crippen LogP contribution in [0.5, 0.6) is 17.2 Å². The molecule has 0 aliphatic carbocycles. The lowest BCUT2D eigenvalue weighted by molar-refractivity contribution is 0.322. The van der Waals surface area contributed by atoms with Gasteiger partial charge in [-0.2, -0.15) is 0 Å². The molecular weight excluding hydrogens is 471 g/mol. The van der Waals surface area contributed by atoms with Crippen LogP contribution in [-0.2, 0) is 13.0 Å². The molecule has 0 atom stereocenters. The molecule has 0 radical (unpaired) electrons. The molecule has 1 heterocycles. The first-order chi connectivity index (χ1) is 13.2. The van der Waals surface area contributed by atoms with Gasteiger partial charge in [0.2, 0.25) is 5.75 Å². The van der Waals surface area contributed by atoms with Crippen LogP contribution in [0.2, 0.25) is 0 Å². The molecule has 0 saturated heterocycles. The number of guanidine groups is 1. The normalized spacial score (nSPS) is 10.8. The number of nitrogens with one attached hydrogen (secondary N) is 2. The first-order valence-corrected chi connectivity index (χ1v) is 9.14. The number of aromatic nitrogens is 1. The van der Waals surface area contributed by atoms with Gasteiger partial charge >= 0.3 is 0 Å². The first kappa shape index (κ1) is 23.9. The number of aliphatic imine (C=N–C) groups is 1. The number of ether oxygens (including phenoxy) is 3. The minimum absolute atomic E-state index is 0. The minimum Gasteiger partial charge on any atom is -0.493 e. The van der Waals surface area contributed by atoms with Gasteiger partial charge in [-0.25, -0.2) is 0 Å². The van der Waals surface area contributed by atoms with Crippen molar-refractivity contribution < 1.29 is 14.2 Å². The van der Waals surface area contributed by atoms with Gasteiger partial charge in [0.1, 0.15) is 0 Å². The summed E-state index contributed by atoms with van der Waals surface area (Å²) in [5, 5.41) is 6.63. The Morgan fingerprint density at radius 3 is 2.32 bits per heavy atom. The van der Waals surface area contributed by atoms with E-state index in [9.17, 15) is 0 Å². The maximum Gasteiger partial charge on any atom is 0.203 e. The van der Waals surface area contributed by atoms with Gasteiger partial charge in [0.25, 0.3) is 0 Å².